The maximum absolute atomic E-state index is 12.7. The molecule has 2 aliphatic heterocycles. The summed E-state index contributed by atoms with van der Waals surface area (Å²) in [7, 11) is 1.60. The standard InChI is InChI=1S/C23H28N4O4/c1-3-8-23(29)9-11-27(12-10-23)22(28)26-19-15-24-20-17(16-6-13-31-14-7-16)4-5-18(30-2)21(20)25-19/h1,4-5,15-16,29H,6-14H2,2H3,(H,25,26,28). The molecule has 2 aromatic rings. The Morgan fingerprint density at radius 2 is 2.10 bits per heavy atom. The first-order chi connectivity index (χ1) is 15.0. The number of terminal acetylenes is 1. The molecule has 2 aliphatic rings. The van der Waals surface area contributed by atoms with E-state index in [1.807, 2.05) is 6.07 Å². The fourth-order valence-electron chi connectivity index (χ4n) is 4.34. The molecule has 2 amide bonds. The summed E-state index contributed by atoms with van der Waals surface area (Å²) in [5.74, 6) is 3.86. The predicted octanol–water partition coefficient (Wildman–Crippen LogP) is 2.91. The number of hydrogen-bond donors (Lipinski definition) is 2. The van der Waals surface area contributed by atoms with Gasteiger partial charge in [-0.2, -0.15) is 0 Å². The van der Waals surface area contributed by atoms with E-state index >= 15 is 0 Å². The number of urea groups is 1. The fraction of sp³-hybridized carbons (Fsp3) is 0.522. The van der Waals surface area contributed by atoms with E-state index in [0.29, 0.717) is 55.4 Å². The lowest BCUT2D eigenvalue weighted by atomic mass is 9.89. The van der Waals surface area contributed by atoms with Gasteiger partial charge in [-0.15, -0.1) is 12.3 Å². The molecule has 31 heavy (non-hydrogen) atoms. The predicted molar refractivity (Wildman–Crippen MR) is 117 cm³/mol. The number of likely N-dealkylation sites (tertiary alicyclic amines) is 1. The number of aliphatic hydroxyl groups is 1. The van der Waals surface area contributed by atoms with Crippen molar-refractivity contribution >= 4 is 22.9 Å². The fourth-order valence-corrected chi connectivity index (χ4v) is 4.34. The zero-order valence-electron chi connectivity index (χ0n) is 17.8. The van der Waals surface area contributed by atoms with E-state index in [0.717, 1.165) is 37.1 Å². The van der Waals surface area contributed by atoms with Crippen LogP contribution in [-0.2, 0) is 4.74 Å². The van der Waals surface area contributed by atoms with Crippen LogP contribution in [0.25, 0.3) is 11.0 Å². The maximum atomic E-state index is 12.7. The van der Waals surface area contributed by atoms with E-state index in [4.69, 9.17) is 15.9 Å². The number of methoxy groups -OCH3 is 1. The SMILES string of the molecule is C#CCC1(O)CCN(C(=O)Nc2cnc3c(C4CCOCC4)ccc(OC)c3n2)CC1. The van der Waals surface area contributed by atoms with E-state index in [2.05, 4.69) is 27.3 Å². The van der Waals surface area contributed by atoms with Gasteiger partial charge in [0.2, 0.25) is 0 Å². The maximum Gasteiger partial charge on any atom is 0.323 e. The first-order valence-corrected chi connectivity index (χ1v) is 10.7. The van der Waals surface area contributed by atoms with E-state index in [9.17, 15) is 9.90 Å². The van der Waals surface area contributed by atoms with Crippen LogP contribution in [0.1, 0.15) is 43.6 Å². The Morgan fingerprint density at radius 1 is 1.35 bits per heavy atom. The Morgan fingerprint density at radius 3 is 2.77 bits per heavy atom. The molecule has 2 N–H and O–H groups in total. The van der Waals surface area contributed by atoms with Crippen molar-refractivity contribution in [2.24, 2.45) is 0 Å². The van der Waals surface area contributed by atoms with Crippen LogP contribution in [0.4, 0.5) is 10.6 Å². The van der Waals surface area contributed by atoms with Gasteiger partial charge in [-0.25, -0.2) is 9.78 Å². The molecule has 8 heteroatoms. The molecule has 8 nitrogen and oxygen atoms in total. The number of hydrogen-bond acceptors (Lipinski definition) is 6. The number of nitrogens with one attached hydrogen (secondary N) is 1. The van der Waals surface area contributed by atoms with Gasteiger partial charge in [0, 0.05) is 32.7 Å². The van der Waals surface area contributed by atoms with Crippen molar-refractivity contribution in [1.82, 2.24) is 14.9 Å². The average molecular weight is 425 g/mol. The van der Waals surface area contributed by atoms with Crippen molar-refractivity contribution in [3.05, 3.63) is 23.9 Å². The highest BCUT2D eigenvalue weighted by molar-refractivity contribution is 5.91. The van der Waals surface area contributed by atoms with Gasteiger partial charge in [0.1, 0.15) is 11.3 Å². The monoisotopic (exact) mass is 424 g/mol. The molecule has 0 spiro atoms. The molecule has 0 aliphatic carbocycles. The summed E-state index contributed by atoms with van der Waals surface area (Å²) in [4.78, 5) is 23.7. The number of rotatable bonds is 4. The highest BCUT2D eigenvalue weighted by atomic mass is 16.5. The number of anilines is 1. The smallest absolute Gasteiger partial charge is 0.323 e. The molecule has 0 saturated carbocycles. The van der Waals surface area contributed by atoms with Gasteiger partial charge >= 0.3 is 6.03 Å². The Kier molecular flexibility index (Phi) is 6.25. The van der Waals surface area contributed by atoms with E-state index in [1.54, 1.807) is 18.2 Å². The number of benzene rings is 1. The summed E-state index contributed by atoms with van der Waals surface area (Å²) < 4.78 is 11.0. The number of carbonyl (C=O) groups excluding carboxylic acids is 1. The van der Waals surface area contributed by atoms with Crippen LogP contribution in [0.2, 0.25) is 0 Å². The third-order valence-electron chi connectivity index (χ3n) is 6.22. The number of ether oxygens (including phenoxy) is 2. The van der Waals surface area contributed by atoms with Crippen LogP contribution in [0, 0.1) is 12.3 Å². The quantitative estimate of drug-likeness (QED) is 0.733. The summed E-state index contributed by atoms with van der Waals surface area (Å²) in [6.07, 6.45) is 10.0. The van der Waals surface area contributed by atoms with E-state index in [1.165, 1.54) is 0 Å². The molecule has 2 saturated heterocycles. The summed E-state index contributed by atoms with van der Waals surface area (Å²) in [6, 6.07) is 3.69. The zero-order chi connectivity index (χ0) is 21.8. The van der Waals surface area contributed by atoms with Crippen LogP contribution in [0.5, 0.6) is 5.75 Å². The topological polar surface area (TPSA) is 96.8 Å². The van der Waals surface area contributed by atoms with Gasteiger partial charge in [0.15, 0.2) is 5.82 Å². The van der Waals surface area contributed by atoms with Crippen molar-refractivity contribution in [1.29, 1.82) is 0 Å². The van der Waals surface area contributed by atoms with Crippen LogP contribution in [0.15, 0.2) is 18.3 Å². The molecule has 0 radical (unpaired) electrons. The van der Waals surface area contributed by atoms with Gasteiger partial charge in [-0.05, 0) is 43.2 Å². The third-order valence-corrected chi connectivity index (χ3v) is 6.22. The van der Waals surface area contributed by atoms with Crippen LogP contribution in [-0.4, -0.2) is 65.0 Å². The highest BCUT2D eigenvalue weighted by Crippen LogP contribution is 2.35. The molecule has 0 bridgehead atoms. The first kappa shape index (κ1) is 21.3. The number of amides is 2. The molecule has 0 atom stereocenters. The Bertz CT molecular complexity index is 989. The highest BCUT2D eigenvalue weighted by Gasteiger charge is 2.33. The van der Waals surface area contributed by atoms with Gasteiger partial charge in [0.25, 0.3) is 0 Å². The normalized spacial score (nSPS) is 19.1. The van der Waals surface area contributed by atoms with Crippen molar-refractivity contribution in [2.75, 3.05) is 38.7 Å². The molecule has 0 unspecified atom stereocenters. The Balaban J connectivity index is 1.52. The van der Waals surface area contributed by atoms with Crippen molar-refractivity contribution in [3.63, 3.8) is 0 Å². The molecule has 4 rings (SSSR count). The minimum atomic E-state index is -0.887. The van der Waals surface area contributed by atoms with Crippen molar-refractivity contribution in [3.8, 4) is 18.1 Å². The van der Waals surface area contributed by atoms with Gasteiger partial charge in [-0.1, -0.05) is 6.07 Å². The van der Waals surface area contributed by atoms with Crippen molar-refractivity contribution < 1.29 is 19.4 Å². The number of aromatic nitrogens is 2. The minimum absolute atomic E-state index is 0.268. The zero-order valence-corrected chi connectivity index (χ0v) is 17.8. The number of nitrogens with zero attached hydrogens (tertiary/aromatic N) is 3. The average Bonchev–Trinajstić information content (AvgIpc) is 2.79. The van der Waals surface area contributed by atoms with Gasteiger partial charge in [0.05, 0.1) is 24.4 Å². The molecule has 1 aromatic carbocycles. The third kappa shape index (κ3) is 4.58. The lowest BCUT2D eigenvalue weighted by Gasteiger charge is -2.37. The first-order valence-electron chi connectivity index (χ1n) is 10.7. The van der Waals surface area contributed by atoms with Crippen LogP contribution in [0.3, 0.4) is 0 Å². The van der Waals surface area contributed by atoms with Crippen LogP contribution < -0.4 is 10.1 Å². The minimum Gasteiger partial charge on any atom is -0.494 e. The summed E-state index contributed by atoms with van der Waals surface area (Å²) in [5, 5.41) is 13.3. The van der Waals surface area contributed by atoms with E-state index in [-0.39, 0.29) is 6.03 Å². The summed E-state index contributed by atoms with van der Waals surface area (Å²) in [5.41, 5.74) is 1.67. The molecule has 3 heterocycles. The Labute approximate surface area is 182 Å². The van der Waals surface area contributed by atoms with E-state index < -0.39 is 5.60 Å². The number of piperidine rings is 1. The molecular formula is C23H28N4O4. The lowest BCUT2D eigenvalue weighted by molar-refractivity contribution is -0.00643. The van der Waals surface area contributed by atoms with Crippen molar-refractivity contribution in [2.45, 2.75) is 43.6 Å². The van der Waals surface area contributed by atoms with Gasteiger partial charge in [-0.3, -0.25) is 10.3 Å². The molecule has 1 aromatic heterocycles. The second-order valence-electron chi connectivity index (χ2n) is 8.22. The van der Waals surface area contributed by atoms with Crippen LogP contribution >= 0.6 is 0 Å². The largest absolute Gasteiger partial charge is 0.494 e. The second-order valence-corrected chi connectivity index (χ2v) is 8.22. The number of fused-ring (bicyclic) bond motifs is 1. The van der Waals surface area contributed by atoms with Gasteiger partial charge < -0.3 is 19.5 Å². The molecular weight excluding hydrogens is 396 g/mol. The summed E-state index contributed by atoms with van der Waals surface area (Å²) >= 11 is 0. The lowest BCUT2D eigenvalue weighted by Crippen LogP contribution is -2.47. The molecule has 164 valence electrons. The second kappa shape index (κ2) is 9.08. The number of carbonyl (C=O) groups is 1. The molecule has 2 fully saturated rings. The Hall–Kier alpha value is -2.89. The summed E-state index contributed by atoms with van der Waals surface area (Å²) in [6.45, 7) is 2.35.